The Hall–Kier alpha value is -0.690. The largest absolute Gasteiger partial charge is 0.374 e. The number of amides is 1. The topological polar surface area (TPSA) is 56.8 Å². The zero-order valence-electron chi connectivity index (χ0n) is 12.7. The molecule has 2 aliphatic heterocycles. The second-order valence-electron chi connectivity index (χ2n) is 5.50. The number of nitrogens with zero attached hydrogens (tertiary/aromatic N) is 2. The molecular formula is C14H28N4O2. The van der Waals surface area contributed by atoms with Gasteiger partial charge in [0, 0.05) is 45.8 Å². The van der Waals surface area contributed by atoms with Crippen LogP contribution < -0.4 is 10.6 Å². The molecule has 0 saturated carbocycles. The lowest BCUT2D eigenvalue weighted by molar-refractivity contribution is -0.128. The van der Waals surface area contributed by atoms with Gasteiger partial charge in [-0.2, -0.15) is 0 Å². The first-order valence-corrected chi connectivity index (χ1v) is 7.81. The van der Waals surface area contributed by atoms with Crippen LogP contribution in [0.2, 0.25) is 0 Å². The lowest BCUT2D eigenvalue weighted by Crippen LogP contribution is -2.60. The van der Waals surface area contributed by atoms with Crippen LogP contribution in [0.1, 0.15) is 13.8 Å². The summed E-state index contributed by atoms with van der Waals surface area (Å²) in [6.45, 7) is 12.1. The number of rotatable bonds is 5. The van der Waals surface area contributed by atoms with E-state index in [0.717, 1.165) is 52.4 Å². The maximum absolute atomic E-state index is 12.1. The van der Waals surface area contributed by atoms with Crippen molar-refractivity contribution in [1.82, 2.24) is 20.4 Å². The van der Waals surface area contributed by atoms with Gasteiger partial charge in [-0.25, -0.2) is 0 Å². The number of carbonyl (C=O) groups excluding carboxylic acids is 1. The highest BCUT2D eigenvalue weighted by Gasteiger charge is 2.31. The van der Waals surface area contributed by atoms with Crippen molar-refractivity contribution < 1.29 is 9.53 Å². The molecule has 20 heavy (non-hydrogen) atoms. The quantitative estimate of drug-likeness (QED) is 0.686. The predicted molar refractivity (Wildman–Crippen MR) is 78.8 cm³/mol. The molecule has 0 aromatic rings. The van der Waals surface area contributed by atoms with E-state index in [2.05, 4.69) is 27.4 Å². The predicted octanol–water partition coefficient (Wildman–Crippen LogP) is -0.883. The molecule has 0 spiro atoms. The summed E-state index contributed by atoms with van der Waals surface area (Å²) in [4.78, 5) is 16.8. The molecule has 2 atom stereocenters. The maximum atomic E-state index is 12.1. The van der Waals surface area contributed by atoms with Crippen LogP contribution in [-0.2, 0) is 9.53 Å². The molecule has 0 aromatic carbocycles. The van der Waals surface area contributed by atoms with Gasteiger partial charge in [-0.1, -0.05) is 6.92 Å². The van der Waals surface area contributed by atoms with Crippen molar-refractivity contribution >= 4 is 5.91 Å². The summed E-state index contributed by atoms with van der Waals surface area (Å²) >= 11 is 0. The van der Waals surface area contributed by atoms with Gasteiger partial charge in [0.15, 0.2) is 0 Å². The van der Waals surface area contributed by atoms with Crippen LogP contribution in [-0.4, -0.2) is 86.8 Å². The molecule has 0 aromatic heterocycles. The summed E-state index contributed by atoms with van der Waals surface area (Å²) in [6.07, 6.45) is 0.221. The van der Waals surface area contributed by atoms with Crippen LogP contribution in [0.15, 0.2) is 0 Å². The zero-order chi connectivity index (χ0) is 14.4. The Kier molecular flexibility index (Phi) is 6.22. The molecule has 2 N–H and O–H groups in total. The highest BCUT2D eigenvalue weighted by atomic mass is 16.5. The van der Waals surface area contributed by atoms with E-state index in [1.54, 1.807) is 0 Å². The number of piperazine rings is 1. The molecule has 6 nitrogen and oxygen atoms in total. The van der Waals surface area contributed by atoms with Crippen molar-refractivity contribution in [2.24, 2.45) is 0 Å². The maximum Gasteiger partial charge on any atom is 0.238 e. The van der Waals surface area contributed by atoms with Gasteiger partial charge in [0.2, 0.25) is 5.91 Å². The molecule has 2 unspecified atom stereocenters. The molecule has 6 heteroatoms. The zero-order valence-corrected chi connectivity index (χ0v) is 12.7. The number of carbonyl (C=O) groups is 1. The van der Waals surface area contributed by atoms with Gasteiger partial charge in [-0.3, -0.25) is 14.6 Å². The fourth-order valence-corrected chi connectivity index (χ4v) is 2.96. The molecule has 2 heterocycles. The van der Waals surface area contributed by atoms with Gasteiger partial charge < -0.3 is 15.4 Å². The van der Waals surface area contributed by atoms with Crippen molar-refractivity contribution in [2.45, 2.75) is 26.0 Å². The van der Waals surface area contributed by atoms with Crippen molar-refractivity contribution in [3.63, 3.8) is 0 Å². The van der Waals surface area contributed by atoms with Crippen molar-refractivity contribution in [1.29, 1.82) is 0 Å². The Morgan fingerprint density at radius 1 is 1.40 bits per heavy atom. The van der Waals surface area contributed by atoms with Crippen LogP contribution in [0.5, 0.6) is 0 Å². The summed E-state index contributed by atoms with van der Waals surface area (Å²) in [5, 5.41) is 6.24. The fraction of sp³-hybridized carbons (Fsp3) is 0.929. The minimum atomic E-state index is -0.0655. The minimum absolute atomic E-state index is 0.0655. The Morgan fingerprint density at radius 2 is 2.25 bits per heavy atom. The lowest BCUT2D eigenvalue weighted by atomic mass is 10.1. The van der Waals surface area contributed by atoms with E-state index in [0.29, 0.717) is 6.54 Å². The third-order valence-electron chi connectivity index (χ3n) is 4.12. The third kappa shape index (κ3) is 4.15. The van der Waals surface area contributed by atoms with Gasteiger partial charge in [0.1, 0.15) is 6.04 Å². The smallest absolute Gasteiger partial charge is 0.238 e. The van der Waals surface area contributed by atoms with Gasteiger partial charge in [0.25, 0.3) is 0 Å². The number of ether oxygens (including phenoxy) is 1. The van der Waals surface area contributed by atoms with E-state index in [1.165, 1.54) is 0 Å². The molecule has 2 rings (SSSR count). The van der Waals surface area contributed by atoms with Gasteiger partial charge >= 0.3 is 0 Å². The average molecular weight is 284 g/mol. The summed E-state index contributed by atoms with van der Waals surface area (Å²) in [5.74, 6) is 0.128. The molecule has 0 radical (unpaired) electrons. The fourth-order valence-electron chi connectivity index (χ4n) is 2.96. The molecule has 0 bridgehead atoms. The van der Waals surface area contributed by atoms with Crippen molar-refractivity contribution in [3.05, 3.63) is 0 Å². The minimum Gasteiger partial charge on any atom is -0.374 e. The molecule has 116 valence electrons. The van der Waals surface area contributed by atoms with Gasteiger partial charge in [-0.05, 0) is 13.5 Å². The van der Waals surface area contributed by atoms with Gasteiger partial charge in [-0.15, -0.1) is 0 Å². The summed E-state index contributed by atoms with van der Waals surface area (Å²) < 4.78 is 5.87. The summed E-state index contributed by atoms with van der Waals surface area (Å²) in [6, 6.07) is -0.0655. The Bertz CT molecular complexity index is 314. The Labute approximate surface area is 121 Å². The van der Waals surface area contributed by atoms with E-state index < -0.39 is 0 Å². The Balaban J connectivity index is 1.89. The van der Waals surface area contributed by atoms with Crippen LogP contribution >= 0.6 is 0 Å². The molecular weight excluding hydrogens is 256 g/mol. The number of likely N-dealkylation sites (N-methyl/N-ethyl adjacent to an activating group) is 2. The van der Waals surface area contributed by atoms with Crippen LogP contribution in [0.25, 0.3) is 0 Å². The van der Waals surface area contributed by atoms with E-state index in [-0.39, 0.29) is 18.1 Å². The molecule has 2 fully saturated rings. The number of morpholine rings is 1. The first-order valence-electron chi connectivity index (χ1n) is 7.81. The Morgan fingerprint density at radius 3 is 3.00 bits per heavy atom. The summed E-state index contributed by atoms with van der Waals surface area (Å²) in [5.41, 5.74) is 0. The molecule has 2 aliphatic rings. The number of hydrogen-bond acceptors (Lipinski definition) is 5. The SMILES string of the molecule is CCNC(=O)C1CNCCN1CC1CN(CC)CCO1. The van der Waals surface area contributed by atoms with Crippen molar-refractivity contribution in [3.8, 4) is 0 Å². The standard InChI is InChI=1S/C14H28N4O2/c1-3-16-14(19)13-9-15-5-6-18(13)11-12-10-17(4-2)7-8-20-12/h12-13,15H,3-11H2,1-2H3,(H,16,19). The van der Waals surface area contributed by atoms with E-state index in [1.807, 2.05) is 6.92 Å². The summed E-state index contributed by atoms with van der Waals surface area (Å²) in [7, 11) is 0. The molecule has 0 aliphatic carbocycles. The van der Waals surface area contributed by atoms with E-state index in [4.69, 9.17) is 4.74 Å². The second kappa shape index (κ2) is 7.93. The molecule has 1 amide bonds. The third-order valence-corrected chi connectivity index (χ3v) is 4.12. The van der Waals surface area contributed by atoms with Crippen LogP contribution in [0, 0.1) is 0 Å². The second-order valence-corrected chi connectivity index (χ2v) is 5.50. The average Bonchev–Trinajstić information content (AvgIpc) is 2.48. The lowest BCUT2D eigenvalue weighted by Gasteiger charge is -2.39. The van der Waals surface area contributed by atoms with Crippen LogP contribution in [0.4, 0.5) is 0 Å². The first-order chi connectivity index (χ1) is 9.74. The van der Waals surface area contributed by atoms with Gasteiger partial charge in [0.05, 0.1) is 12.7 Å². The van der Waals surface area contributed by atoms with E-state index in [9.17, 15) is 4.79 Å². The van der Waals surface area contributed by atoms with E-state index >= 15 is 0 Å². The first kappa shape index (κ1) is 15.7. The van der Waals surface area contributed by atoms with Crippen LogP contribution in [0.3, 0.4) is 0 Å². The highest BCUT2D eigenvalue weighted by Crippen LogP contribution is 2.11. The highest BCUT2D eigenvalue weighted by molar-refractivity contribution is 5.82. The molecule has 2 saturated heterocycles. The number of hydrogen-bond donors (Lipinski definition) is 2. The van der Waals surface area contributed by atoms with Crippen molar-refractivity contribution in [2.75, 3.05) is 59.0 Å². The normalized spacial score (nSPS) is 29.3. The monoisotopic (exact) mass is 284 g/mol. The number of nitrogens with one attached hydrogen (secondary N) is 2.